The van der Waals surface area contributed by atoms with Gasteiger partial charge in [0, 0.05) is 25.7 Å². The van der Waals surface area contributed by atoms with E-state index in [1.807, 2.05) is 6.07 Å². The molecule has 5 heteroatoms. The van der Waals surface area contributed by atoms with Crippen molar-refractivity contribution < 1.29 is 9.53 Å². The molecular formula is C26H35N3O2. The number of nitrogens with one attached hydrogen (secondary N) is 2. The highest BCUT2D eigenvalue weighted by atomic mass is 16.5. The molecule has 1 fully saturated rings. The van der Waals surface area contributed by atoms with Gasteiger partial charge >= 0.3 is 6.03 Å². The molecule has 0 radical (unpaired) electrons. The molecule has 166 valence electrons. The first-order chi connectivity index (χ1) is 15.2. The second kappa shape index (κ2) is 10.7. The zero-order valence-electron chi connectivity index (χ0n) is 18.6. The van der Waals surface area contributed by atoms with Crippen LogP contribution in [0.4, 0.5) is 4.79 Å². The van der Waals surface area contributed by atoms with Crippen molar-refractivity contribution in [1.29, 1.82) is 0 Å². The molecule has 2 aromatic rings. The van der Waals surface area contributed by atoms with Gasteiger partial charge in [0.2, 0.25) is 0 Å². The Morgan fingerprint density at radius 2 is 1.97 bits per heavy atom. The van der Waals surface area contributed by atoms with Gasteiger partial charge in [0.25, 0.3) is 0 Å². The molecule has 0 bridgehead atoms. The van der Waals surface area contributed by atoms with Crippen LogP contribution in [0.1, 0.15) is 42.4 Å². The van der Waals surface area contributed by atoms with E-state index in [0.717, 1.165) is 51.2 Å². The monoisotopic (exact) mass is 421 g/mol. The molecule has 1 aliphatic heterocycles. The standard InChI is InChI=1S/C26H35N3O2/c1-31-25-13-11-22-15-24(12-10-23(22)16-25)28-26(30)27-17-21-9-5-6-14-29(19-21)18-20-7-3-2-4-8-20/h2-4,7-8,11,13,16,21,24H,5-6,9-10,12,14-15,17-19H2,1H3,(H2,27,28,30). The lowest BCUT2D eigenvalue weighted by atomic mass is 9.88. The fourth-order valence-electron chi connectivity index (χ4n) is 4.92. The highest BCUT2D eigenvalue weighted by Gasteiger charge is 2.22. The SMILES string of the molecule is COc1ccc2c(c1)CCC(NC(=O)NCC1CCCCN(Cc3ccccc3)C1)C2. The second-order valence-corrected chi connectivity index (χ2v) is 9.01. The molecule has 2 amide bonds. The number of fused-ring (bicyclic) bond motifs is 1. The van der Waals surface area contributed by atoms with Gasteiger partial charge in [-0.15, -0.1) is 0 Å². The van der Waals surface area contributed by atoms with E-state index in [1.54, 1.807) is 7.11 Å². The number of hydrogen-bond acceptors (Lipinski definition) is 3. The smallest absolute Gasteiger partial charge is 0.315 e. The third-order valence-corrected chi connectivity index (χ3v) is 6.63. The molecule has 2 aliphatic rings. The molecule has 0 aromatic heterocycles. The van der Waals surface area contributed by atoms with Crippen LogP contribution in [0.2, 0.25) is 0 Å². The van der Waals surface area contributed by atoms with E-state index in [9.17, 15) is 4.79 Å². The number of nitrogens with zero attached hydrogens (tertiary/aromatic N) is 1. The van der Waals surface area contributed by atoms with Gasteiger partial charge in [0.15, 0.2) is 0 Å². The highest BCUT2D eigenvalue weighted by Crippen LogP contribution is 2.25. The first-order valence-corrected chi connectivity index (χ1v) is 11.7. The average molecular weight is 422 g/mol. The van der Waals surface area contributed by atoms with Crippen molar-refractivity contribution in [3.8, 4) is 5.75 Å². The Labute approximate surface area is 186 Å². The predicted molar refractivity (Wildman–Crippen MR) is 124 cm³/mol. The zero-order chi connectivity index (χ0) is 21.5. The molecule has 4 rings (SSSR count). The Bertz CT molecular complexity index is 855. The normalized spacial score (nSPS) is 21.6. The third-order valence-electron chi connectivity index (χ3n) is 6.63. The van der Waals surface area contributed by atoms with Crippen molar-refractivity contribution in [3.05, 3.63) is 65.2 Å². The number of methoxy groups -OCH3 is 1. The number of ether oxygens (including phenoxy) is 1. The summed E-state index contributed by atoms with van der Waals surface area (Å²) in [5, 5.41) is 6.36. The summed E-state index contributed by atoms with van der Waals surface area (Å²) in [6, 6.07) is 17.1. The molecule has 2 unspecified atom stereocenters. The van der Waals surface area contributed by atoms with Gasteiger partial charge in [-0.2, -0.15) is 0 Å². The molecule has 1 heterocycles. The number of urea groups is 1. The molecule has 0 saturated carbocycles. The van der Waals surface area contributed by atoms with E-state index >= 15 is 0 Å². The number of likely N-dealkylation sites (tertiary alicyclic amines) is 1. The molecule has 2 atom stereocenters. The maximum atomic E-state index is 12.6. The number of carbonyl (C=O) groups excluding carboxylic acids is 1. The van der Waals surface area contributed by atoms with Crippen molar-refractivity contribution in [2.24, 2.45) is 5.92 Å². The lowest BCUT2D eigenvalue weighted by Crippen LogP contribution is -2.46. The van der Waals surface area contributed by atoms with Crippen LogP contribution in [0.15, 0.2) is 48.5 Å². The molecule has 5 nitrogen and oxygen atoms in total. The van der Waals surface area contributed by atoms with Gasteiger partial charge < -0.3 is 15.4 Å². The fraction of sp³-hybridized carbons (Fsp3) is 0.500. The minimum Gasteiger partial charge on any atom is -0.497 e. The summed E-state index contributed by atoms with van der Waals surface area (Å²) in [6.45, 7) is 3.94. The first kappa shape index (κ1) is 21.7. The van der Waals surface area contributed by atoms with Gasteiger partial charge in [-0.05, 0) is 73.4 Å². The van der Waals surface area contributed by atoms with Crippen LogP contribution in [0, 0.1) is 5.92 Å². The summed E-state index contributed by atoms with van der Waals surface area (Å²) in [6.07, 6.45) is 6.51. The number of amides is 2. The quantitative estimate of drug-likeness (QED) is 0.737. The van der Waals surface area contributed by atoms with Crippen LogP contribution in [0.5, 0.6) is 5.75 Å². The van der Waals surface area contributed by atoms with Crippen LogP contribution in [0.3, 0.4) is 0 Å². The van der Waals surface area contributed by atoms with E-state index < -0.39 is 0 Å². The average Bonchev–Trinajstić information content (AvgIpc) is 3.03. The lowest BCUT2D eigenvalue weighted by Gasteiger charge is -2.27. The Hall–Kier alpha value is -2.53. The summed E-state index contributed by atoms with van der Waals surface area (Å²) in [5.74, 6) is 1.42. The van der Waals surface area contributed by atoms with E-state index in [-0.39, 0.29) is 12.1 Å². The van der Waals surface area contributed by atoms with E-state index in [1.165, 1.54) is 36.0 Å². The minimum absolute atomic E-state index is 0.0270. The first-order valence-electron chi connectivity index (χ1n) is 11.7. The van der Waals surface area contributed by atoms with Crippen molar-refractivity contribution in [2.75, 3.05) is 26.7 Å². The Morgan fingerprint density at radius 3 is 2.81 bits per heavy atom. The van der Waals surface area contributed by atoms with Crippen molar-refractivity contribution in [2.45, 2.75) is 51.1 Å². The van der Waals surface area contributed by atoms with E-state index in [4.69, 9.17) is 4.74 Å². The summed E-state index contributed by atoms with van der Waals surface area (Å²) in [4.78, 5) is 15.1. The highest BCUT2D eigenvalue weighted by molar-refractivity contribution is 5.74. The fourth-order valence-corrected chi connectivity index (χ4v) is 4.92. The van der Waals surface area contributed by atoms with Gasteiger partial charge in [-0.1, -0.05) is 42.8 Å². The van der Waals surface area contributed by atoms with E-state index in [0.29, 0.717) is 5.92 Å². The molecule has 1 aliphatic carbocycles. The van der Waals surface area contributed by atoms with Crippen LogP contribution in [-0.4, -0.2) is 43.7 Å². The number of rotatable bonds is 6. The van der Waals surface area contributed by atoms with Crippen LogP contribution in [-0.2, 0) is 19.4 Å². The van der Waals surface area contributed by atoms with Crippen molar-refractivity contribution >= 4 is 6.03 Å². The maximum Gasteiger partial charge on any atom is 0.315 e. The van der Waals surface area contributed by atoms with E-state index in [2.05, 4.69) is 58.0 Å². The maximum absolute atomic E-state index is 12.6. The molecule has 2 N–H and O–H groups in total. The Kier molecular flexibility index (Phi) is 7.47. The molecule has 0 spiro atoms. The van der Waals surface area contributed by atoms with Crippen LogP contribution in [0.25, 0.3) is 0 Å². The van der Waals surface area contributed by atoms with Crippen LogP contribution < -0.4 is 15.4 Å². The van der Waals surface area contributed by atoms with Gasteiger partial charge in [0.05, 0.1) is 7.11 Å². The summed E-state index contributed by atoms with van der Waals surface area (Å²) in [5.41, 5.74) is 4.02. The van der Waals surface area contributed by atoms with Crippen LogP contribution >= 0.6 is 0 Å². The van der Waals surface area contributed by atoms with Crippen molar-refractivity contribution in [1.82, 2.24) is 15.5 Å². The van der Waals surface area contributed by atoms with Gasteiger partial charge in [-0.3, -0.25) is 4.90 Å². The molecule has 31 heavy (non-hydrogen) atoms. The Morgan fingerprint density at radius 1 is 1.10 bits per heavy atom. The summed E-state index contributed by atoms with van der Waals surface area (Å²) >= 11 is 0. The number of benzene rings is 2. The second-order valence-electron chi connectivity index (χ2n) is 9.01. The zero-order valence-corrected chi connectivity index (χ0v) is 18.6. The summed E-state index contributed by atoms with van der Waals surface area (Å²) < 4.78 is 5.33. The number of aryl methyl sites for hydroxylation is 1. The van der Waals surface area contributed by atoms with Crippen molar-refractivity contribution in [3.63, 3.8) is 0 Å². The number of carbonyl (C=O) groups is 1. The summed E-state index contributed by atoms with van der Waals surface area (Å²) in [7, 11) is 1.70. The minimum atomic E-state index is -0.0270. The molecule has 1 saturated heterocycles. The topological polar surface area (TPSA) is 53.6 Å². The molecule has 2 aromatic carbocycles. The van der Waals surface area contributed by atoms with Gasteiger partial charge in [-0.25, -0.2) is 4.79 Å². The third kappa shape index (κ3) is 6.23. The molecular weight excluding hydrogens is 386 g/mol. The number of hydrogen-bond donors (Lipinski definition) is 2. The largest absolute Gasteiger partial charge is 0.497 e. The lowest BCUT2D eigenvalue weighted by molar-refractivity contribution is 0.222. The Balaban J connectivity index is 1.23. The predicted octanol–water partition coefficient (Wildman–Crippen LogP) is 4.15. The van der Waals surface area contributed by atoms with Gasteiger partial charge in [0.1, 0.15) is 5.75 Å².